The average molecular weight is 336 g/mol. The van der Waals surface area contributed by atoms with Crippen LogP contribution in [0.4, 0.5) is 0 Å². The van der Waals surface area contributed by atoms with Crippen LogP contribution in [0.15, 0.2) is 0 Å². The molecule has 0 aliphatic carbocycles. The van der Waals surface area contributed by atoms with E-state index in [1.54, 1.807) is 0 Å². The van der Waals surface area contributed by atoms with Crippen molar-refractivity contribution in [2.45, 2.75) is 58.3 Å². The summed E-state index contributed by atoms with van der Waals surface area (Å²) in [7, 11) is 0. The van der Waals surface area contributed by atoms with Crippen LogP contribution in [-0.4, -0.2) is 11.9 Å². The first-order valence-corrected chi connectivity index (χ1v) is 6.01. The van der Waals surface area contributed by atoms with E-state index in [-0.39, 0.29) is 28.8 Å². The molecule has 0 aromatic carbocycles. The van der Waals surface area contributed by atoms with Gasteiger partial charge in [-0.25, -0.2) is 0 Å². The molecule has 0 saturated carbocycles. The number of hydrogen-bond donors (Lipinski definition) is 0. The van der Waals surface area contributed by atoms with Gasteiger partial charge in [0.15, 0.2) is 0 Å². The second-order valence-corrected chi connectivity index (χ2v) is 4.10. The number of carbonyl (C=O) groups is 2. The van der Waals surface area contributed by atoms with Crippen molar-refractivity contribution in [2.24, 2.45) is 5.92 Å². The predicted octanol–water partition coefficient (Wildman–Crippen LogP) is 0.241. The molecule has 0 N–H and O–H groups in total. The standard InChI is InChI=1S/C12H22O4.Ag/c1-2-3-4-5-6-7-8-9-10(11(13)14)12(15)16;/h10H,2-9H2,1H3,(H,13,14)(H,15,16);/p-2. The van der Waals surface area contributed by atoms with Crippen molar-refractivity contribution in [1.82, 2.24) is 0 Å². The van der Waals surface area contributed by atoms with Gasteiger partial charge in [0, 0.05) is 28.3 Å². The summed E-state index contributed by atoms with van der Waals surface area (Å²) in [6.07, 6.45) is 7.39. The summed E-state index contributed by atoms with van der Waals surface area (Å²) in [5, 5.41) is 20.8. The molecule has 5 heteroatoms. The Labute approximate surface area is 118 Å². The third kappa shape index (κ3) is 10.5. The van der Waals surface area contributed by atoms with Crippen molar-refractivity contribution in [2.75, 3.05) is 0 Å². The van der Waals surface area contributed by atoms with Gasteiger partial charge in [-0.3, -0.25) is 0 Å². The van der Waals surface area contributed by atoms with Crippen molar-refractivity contribution in [1.29, 1.82) is 0 Å². The Balaban J connectivity index is 0. The maximum absolute atomic E-state index is 10.4. The van der Waals surface area contributed by atoms with Gasteiger partial charge in [0.25, 0.3) is 0 Å². The van der Waals surface area contributed by atoms with Gasteiger partial charge in [-0.1, -0.05) is 51.9 Å². The van der Waals surface area contributed by atoms with Gasteiger partial charge < -0.3 is 19.8 Å². The quantitative estimate of drug-likeness (QED) is 0.325. The molecule has 105 valence electrons. The van der Waals surface area contributed by atoms with Crippen molar-refractivity contribution in [3.8, 4) is 0 Å². The fourth-order valence-electron chi connectivity index (χ4n) is 1.64. The zero-order valence-electron chi connectivity index (χ0n) is 10.2. The zero-order valence-corrected chi connectivity index (χ0v) is 11.7. The summed E-state index contributed by atoms with van der Waals surface area (Å²) in [5.41, 5.74) is 0. The van der Waals surface area contributed by atoms with Crippen LogP contribution in [0.2, 0.25) is 0 Å². The average Bonchev–Trinajstić information content (AvgIpc) is 2.21. The zero-order chi connectivity index (χ0) is 12.4. The van der Waals surface area contributed by atoms with Gasteiger partial charge in [-0.15, -0.1) is 0 Å². The molecule has 0 fully saturated rings. The third-order valence-electron chi connectivity index (χ3n) is 2.67. The van der Waals surface area contributed by atoms with Gasteiger partial charge in [0.2, 0.25) is 0 Å². The van der Waals surface area contributed by atoms with Gasteiger partial charge in [0.05, 0.1) is 11.9 Å². The Morgan fingerprint density at radius 3 is 1.71 bits per heavy atom. The molecule has 0 unspecified atom stereocenters. The molecule has 0 aromatic rings. The largest absolute Gasteiger partial charge is 0.549 e. The summed E-state index contributed by atoms with van der Waals surface area (Å²) in [6.45, 7) is 2.14. The van der Waals surface area contributed by atoms with E-state index < -0.39 is 17.9 Å². The Kier molecular flexibility index (Phi) is 13.6. The third-order valence-corrected chi connectivity index (χ3v) is 2.67. The van der Waals surface area contributed by atoms with Crippen LogP contribution in [-0.2, 0) is 32.0 Å². The number of aliphatic carboxylic acids is 2. The first kappa shape index (κ1) is 19.0. The van der Waals surface area contributed by atoms with Crippen LogP contribution in [0.5, 0.6) is 0 Å². The maximum Gasteiger partial charge on any atom is 0.0501 e. The smallest absolute Gasteiger partial charge is 0.0501 e. The normalized spacial score (nSPS) is 10.0. The molecule has 0 atom stereocenters. The molecule has 0 bridgehead atoms. The Bertz CT molecular complexity index is 205. The Morgan fingerprint density at radius 1 is 0.882 bits per heavy atom. The number of carboxylic acid groups (broad SMARTS) is 2. The van der Waals surface area contributed by atoms with E-state index in [0.717, 1.165) is 19.3 Å². The van der Waals surface area contributed by atoms with E-state index in [2.05, 4.69) is 6.92 Å². The summed E-state index contributed by atoms with van der Waals surface area (Å²) < 4.78 is 0. The van der Waals surface area contributed by atoms with Crippen LogP contribution < -0.4 is 10.2 Å². The summed E-state index contributed by atoms with van der Waals surface area (Å²) in [4.78, 5) is 20.8. The number of carboxylic acids is 2. The minimum atomic E-state index is -1.54. The fraction of sp³-hybridized carbons (Fsp3) is 0.833. The van der Waals surface area contributed by atoms with Gasteiger partial charge in [-0.2, -0.15) is 0 Å². The van der Waals surface area contributed by atoms with E-state index in [1.165, 1.54) is 19.3 Å². The molecule has 0 aliphatic rings. The van der Waals surface area contributed by atoms with E-state index in [4.69, 9.17) is 0 Å². The fourth-order valence-corrected chi connectivity index (χ4v) is 1.64. The van der Waals surface area contributed by atoms with Crippen LogP contribution in [0.3, 0.4) is 0 Å². The topological polar surface area (TPSA) is 80.3 Å². The minimum Gasteiger partial charge on any atom is -0.549 e. The number of hydrogen-bond acceptors (Lipinski definition) is 4. The first-order valence-electron chi connectivity index (χ1n) is 6.01. The SMILES string of the molecule is CCCCCCCCCC(C(=O)[O-])C(=O)[O-].[Ag]. The van der Waals surface area contributed by atoms with Crippen molar-refractivity contribution in [3.63, 3.8) is 0 Å². The van der Waals surface area contributed by atoms with Gasteiger partial charge in [-0.05, 0) is 6.42 Å². The molecule has 0 saturated heterocycles. The summed E-state index contributed by atoms with van der Waals surface area (Å²) in [5.74, 6) is -4.52. The van der Waals surface area contributed by atoms with Crippen molar-refractivity contribution >= 4 is 11.9 Å². The van der Waals surface area contributed by atoms with Crippen molar-refractivity contribution < 1.29 is 42.2 Å². The molecule has 0 rings (SSSR count). The number of carbonyl (C=O) groups excluding carboxylic acids is 2. The van der Waals surface area contributed by atoms with Crippen molar-refractivity contribution in [3.05, 3.63) is 0 Å². The Morgan fingerprint density at radius 2 is 1.29 bits per heavy atom. The maximum atomic E-state index is 10.4. The predicted molar refractivity (Wildman–Crippen MR) is 56.1 cm³/mol. The van der Waals surface area contributed by atoms with E-state index >= 15 is 0 Å². The van der Waals surface area contributed by atoms with E-state index in [0.29, 0.717) is 6.42 Å². The summed E-state index contributed by atoms with van der Waals surface area (Å²) >= 11 is 0. The van der Waals surface area contributed by atoms with Crippen LogP contribution >= 0.6 is 0 Å². The summed E-state index contributed by atoms with van der Waals surface area (Å²) in [6, 6.07) is 0. The van der Waals surface area contributed by atoms with Gasteiger partial charge >= 0.3 is 0 Å². The van der Waals surface area contributed by atoms with E-state index in [1.807, 2.05) is 0 Å². The second-order valence-electron chi connectivity index (χ2n) is 4.10. The molecule has 0 aromatic heterocycles. The van der Waals surface area contributed by atoms with Crippen LogP contribution in [0, 0.1) is 5.92 Å². The monoisotopic (exact) mass is 335 g/mol. The number of unbranched alkanes of at least 4 members (excludes halogenated alkanes) is 6. The number of rotatable bonds is 10. The molecular formula is C12H20AgO4-2. The molecule has 0 aliphatic heterocycles. The van der Waals surface area contributed by atoms with Crippen LogP contribution in [0.25, 0.3) is 0 Å². The molecule has 1 radical (unpaired) electrons. The second kappa shape index (κ2) is 12.1. The molecular weight excluding hydrogens is 316 g/mol. The Hall–Kier alpha value is -0.320. The molecule has 0 heterocycles. The van der Waals surface area contributed by atoms with E-state index in [9.17, 15) is 19.8 Å². The van der Waals surface area contributed by atoms with Gasteiger partial charge in [0.1, 0.15) is 0 Å². The molecule has 17 heavy (non-hydrogen) atoms. The first-order chi connectivity index (χ1) is 7.59. The molecule has 0 spiro atoms. The van der Waals surface area contributed by atoms with Crippen LogP contribution in [0.1, 0.15) is 58.3 Å². The molecule has 0 amide bonds. The minimum absolute atomic E-state index is 0. The molecule has 4 nitrogen and oxygen atoms in total.